The molecule has 2 saturated carbocycles. The van der Waals surface area contributed by atoms with E-state index in [1.807, 2.05) is 0 Å². The Hall–Kier alpha value is -1.84. The van der Waals surface area contributed by atoms with E-state index in [4.69, 9.17) is 9.47 Å². The predicted octanol–water partition coefficient (Wildman–Crippen LogP) is 4.12. The molecule has 0 amide bonds. The van der Waals surface area contributed by atoms with Crippen LogP contribution in [0.15, 0.2) is 35.3 Å². The number of methoxy groups -OCH3 is 1. The third-order valence-corrected chi connectivity index (χ3v) is 7.83. The molecule has 0 aromatic heterocycles. The molecule has 3 aliphatic carbocycles. The number of hydrogen-bond donors (Lipinski definition) is 0. The van der Waals surface area contributed by atoms with Gasteiger partial charge in [0.05, 0.1) is 12.7 Å². The monoisotopic (exact) mass is 356 g/mol. The summed E-state index contributed by atoms with van der Waals surface area (Å²) in [6.07, 6.45) is 5.79. The van der Waals surface area contributed by atoms with Crippen molar-refractivity contribution in [1.82, 2.24) is 0 Å². The van der Waals surface area contributed by atoms with Crippen molar-refractivity contribution in [2.75, 3.05) is 7.11 Å². The van der Waals surface area contributed by atoms with E-state index < -0.39 is 0 Å². The zero-order valence-electron chi connectivity index (χ0n) is 16.2. The van der Waals surface area contributed by atoms with Crippen LogP contribution in [-0.4, -0.2) is 24.8 Å². The summed E-state index contributed by atoms with van der Waals surface area (Å²) < 4.78 is 11.5. The van der Waals surface area contributed by atoms with Crippen LogP contribution < -0.4 is 0 Å². The second-order valence-electron chi connectivity index (χ2n) is 9.03. The number of carbonyl (C=O) groups is 2. The second kappa shape index (κ2) is 5.58. The standard InChI is InChI=1S/C22H28O4/c1-12-6-7-16-20-21(12,3)9-8-13(2)22(20,4)11-14-18(24)17(25-5)10-15(23)19(14)26-16/h10,13,16,20H,1,6-9,11H2,2-5H3. The van der Waals surface area contributed by atoms with Gasteiger partial charge >= 0.3 is 0 Å². The lowest BCUT2D eigenvalue weighted by molar-refractivity contribution is -0.128. The molecule has 0 bridgehead atoms. The van der Waals surface area contributed by atoms with Gasteiger partial charge < -0.3 is 9.47 Å². The zero-order valence-corrected chi connectivity index (χ0v) is 16.2. The highest BCUT2D eigenvalue weighted by Crippen LogP contribution is 2.65. The average Bonchev–Trinajstić information content (AvgIpc) is 2.75. The van der Waals surface area contributed by atoms with Gasteiger partial charge in [-0.3, -0.25) is 9.59 Å². The minimum atomic E-state index is -0.238. The van der Waals surface area contributed by atoms with Gasteiger partial charge in [0.1, 0.15) is 6.10 Å². The predicted molar refractivity (Wildman–Crippen MR) is 98.1 cm³/mol. The Kier molecular flexibility index (Phi) is 3.77. The van der Waals surface area contributed by atoms with Gasteiger partial charge in [-0.2, -0.15) is 0 Å². The van der Waals surface area contributed by atoms with Crippen LogP contribution in [0.2, 0.25) is 0 Å². The summed E-state index contributed by atoms with van der Waals surface area (Å²) in [5, 5.41) is 0. The van der Waals surface area contributed by atoms with E-state index in [1.165, 1.54) is 18.8 Å². The van der Waals surface area contributed by atoms with Gasteiger partial charge in [0.15, 0.2) is 11.5 Å². The number of ether oxygens (including phenoxy) is 2. The molecule has 4 aliphatic rings. The summed E-state index contributed by atoms with van der Waals surface area (Å²) in [6, 6.07) is 0. The molecule has 2 fully saturated rings. The molecule has 5 unspecified atom stereocenters. The number of allylic oxidation sites excluding steroid dienone is 3. The van der Waals surface area contributed by atoms with Gasteiger partial charge in [-0.1, -0.05) is 32.9 Å². The molecular formula is C22H28O4. The van der Waals surface area contributed by atoms with Gasteiger partial charge in [-0.05, 0) is 48.9 Å². The summed E-state index contributed by atoms with van der Waals surface area (Å²) in [5.74, 6) is 0.666. The Morgan fingerprint density at radius 3 is 2.69 bits per heavy atom. The van der Waals surface area contributed by atoms with E-state index in [1.54, 1.807) is 0 Å². The number of ketones is 2. The van der Waals surface area contributed by atoms with E-state index in [9.17, 15) is 9.59 Å². The minimum Gasteiger partial charge on any atom is -0.493 e. The number of hydrogen-bond acceptors (Lipinski definition) is 4. The first-order valence-corrected chi connectivity index (χ1v) is 9.65. The maximum Gasteiger partial charge on any atom is 0.227 e. The minimum absolute atomic E-state index is 0.00238. The molecule has 0 aromatic rings. The van der Waals surface area contributed by atoms with Gasteiger partial charge in [0.2, 0.25) is 11.6 Å². The molecule has 1 heterocycles. The van der Waals surface area contributed by atoms with Crippen molar-refractivity contribution in [3.05, 3.63) is 35.3 Å². The van der Waals surface area contributed by atoms with Gasteiger partial charge in [-0.15, -0.1) is 0 Å². The molecule has 0 N–H and O–H groups in total. The highest BCUT2D eigenvalue weighted by molar-refractivity contribution is 6.21. The van der Waals surface area contributed by atoms with E-state index in [0.717, 1.165) is 25.7 Å². The van der Waals surface area contributed by atoms with Crippen molar-refractivity contribution < 1.29 is 19.1 Å². The molecule has 5 atom stereocenters. The van der Waals surface area contributed by atoms with Gasteiger partial charge in [0, 0.05) is 12.0 Å². The quantitative estimate of drug-likeness (QED) is 0.524. The van der Waals surface area contributed by atoms with Gasteiger partial charge in [-0.25, -0.2) is 0 Å². The van der Waals surface area contributed by atoms with Crippen LogP contribution in [0.3, 0.4) is 0 Å². The number of rotatable bonds is 1. The molecule has 0 aromatic carbocycles. The van der Waals surface area contributed by atoms with Crippen molar-refractivity contribution in [3.8, 4) is 0 Å². The topological polar surface area (TPSA) is 52.6 Å². The Labute approximate surface area is 155 Å². The maximum atomic E-state index is 12.9. The molecule has 1 aliphatic heterocycles. The summed E-state index contributed by atoms with van der Waals surface area (Å²) in [4.78, 5) is 25.6. The van der Waals surface area contributed by atoms with Crippen LogP contribution in [0, 0.1) is 22.7 Å². The van der Waals surface area contributed by atoms with E-state index in [2.05, 4.69) is 27.4 Å². The van der Waals surface area contributed by atoms with Crippen LogP contribution in [0.5, 0.6) is 0 Å². The summed E-state index contributed by atoms with van der Waals surface area (Å²) in [6.45, 7) is 11.3. The fourth-order valence-corrected chi connectivity index (χ4v) is 6.07. The molecule has 4 rings (SSSR count). The summed E-state index contributed by atoms with van der Waals surface area (Å²) >= 11 is 0. The second-order valence-corrected chi connectivity index (χ2v) is 9.03. The van der Waals surface area contributed by atoms with E-state index in [-0.39, 0.29) is 45.9 Å². The highest BCUT2D eigenvalue weighted by atomic mass is 16.5. The first-order valence-electron chi connectivity index (χ1n) is 9.65. The van der Waals surface area contributed by atoms with Crippen LogP contribution in [0.1, 0.15) is 52.9 Å². The fourth-order valence-electron chi connectivity index (χ4n) is 6.07. The Morgan fingerprint density at radius 2 is 2.00 bits per heavy atom. The normalized spacial score (nSPS) is 42.4. The molecule has 0 saturated heterocycles. The largest absolute Gasteiger partial charge is 0.493 e. The highest BCUT2D eigenvalue weighted by Gasteiger charge is 2.60. The van der Waals surface area contributed by atoms with E-state index >= 15 is 0 Å². The third-order valence-electron chi connectivity index (χ3n) is 7.83. The molecular weight excluding hydrogens is 328 g/mol. The lowest BCUT2D eigenvalue weighted by atomic mass is 9.45. The fraction of sp³-hybridized carbons (Fsp3) is 0.636. The molecule has 140 valence electrons. The third kappa shape index (κ3) is 2.14. The Bertz CT molecular complexity index is 773. The molecule has 4 heteroatoms. The van der Waals surface area contributed by atoms with Crippen molar-refractivity contribution >= 4 is 11.6 Å². The smallest absolute Gasteiger partial charge is 0.227 e. The van der Waals surface area contributed by atoms with Crippen LogP contribution in [-0.2, 0) is 19.1 Å². The Balaban J connectivity index is 1.86. The van der Waals surface area contributed by atoms with Crippen LogP contribution in [0.4, 0.5) is 0 Å². The SMILES string of the molecule is C=C1CCC2OC3=C(CC4(C)C(C)CCC1(C)C24)C(=O)C(OC)=CC3=O. The first-order chi connectivity index (χ1) is 12.2. The van der Waals surface area contributed by atoms with Crippen molar-refractivity contribution in [1.29, 1.82) is 0 Å². The molecule has 0 radical (unpaired) electrons. The lowest BCUT2D eigenvalue weighted by Crippen LogP contribution is -2.55. The molecule has 4 nitrogen and oxygen atoms in total. The van der Waals surface area contributed by atoms with Crippen molar-refractivity contribution in [3.63, 3.8) is 0 Å². The maximum absolute atomic E-state index is 12.9. The Morgan fingerprint density at radius 1 is 1.27 bits per heavy atom. The average molecular weight is 356 g/mol. The number of carbonyl (C=O) groups excluding carboxylic acids is 2. The van der Waals surface area contributed by atoms with Crippen molar-refractivity contribution in [2.24, 2.45) is 22.7 Å². The summed E-state index contributed by atoms with van der Waals surface area (Å²) in [7, 11) is 1.44. The lowest BCUT2D eigenvalue weighted by Gasteiger charge is -2.59. The van der Waals surface area contributed by atoms with Crippen LogP contribution in [0.25, 0.3) is 0 Å². The van der Waals surface area contributed by atoms with E-state index in [0.29, 0.717) is 17.9 Å². The van der Waals surface area contributed by atoms with Crippen LogP contribution >= 0.6 is 0 Å². The molecule has 26 heavy (non-hydrogen) atoms. The molecule has 0 spiro atoms. The zero-order chi connectivity index (χ0) is 18.9. The summed E-state index contributed by atoms with van der Waals surface area (Å²) in [5.41, 5.74) is 1.70. The van der Waals surface area contributed by atoms with Crippen molar-refractivity contribution in [2.45, 2.75) is 59.0 Å². The number of Topliss-reactive ketones (excluding diaryl/α,β-unsaturated/α-hetero) is 1. The van der Waals surface area contributed by atoms with Gasteiger partial charge in [0.25, 0.3) is 0 Å². The first kappa shape index (κ1) is 17.6.